The van der Waals surface area contributed by atoms with E-state index in [0.29, 0.717) is 23.0 Å². The van der Waals surface area contributed by atoms with Crippen molar-refractivity contribution in [2.75, 3.05) is 63.3 Å². The van der Waals surface area contributed by atoms with Crippen molar-refractivity contribution in [2.24, 2.45) is 0 Å². The summed E-state index contributed by atoms with van der Waals surface area (Å²) in [6, 6.07) is 14.8. The molecular formula is C29H37FN4OS. The first-order valence-corrected chi connectivity index (χ1v) is 15.8. The zero-order valence-corrected chi connectivity index (χ0v) is 22.2. The van der Waals surface area contributed by atoms with Crippen LogP contribution >= 0.6 is 10.0 Å². The van der Waals surface area contributed by atoms with Crippen LogP contribution in [0.15, 0.2) is 48.5 Å². The third kappa shape index (κ3) is 6.07. The molecule has 0 aliphatic carbocycles. The first-order valence-electron chi connectivity index (χ1n) is 13.0. The topological polar surface area (TPSA) is 48.5 Å². The minimum atomic E-state index is -0.402. The molecule has 36 heavy (non-hydrogen) atoms. The summed E-state index contributed by atoms with van der Waals surface area (Å²) in [4.78, 5) is 22.8. The molecule has 5 nitrogen and oxygen atoms in total. The first-order chi connectivity index (χ1) is 17.4. The SMILES string of the molecule is CS1(C)CCN(Cc2ccc(-c3cc(C(=O)NCCN4CCCC4)c4cc(F)ccc4n3)cc2)CC1. The van der Waals surface area contributed by atoms with E-state index in [2.05, 4.69) is 51.9 Å². The number of halogens is 1. The van der Waals surface area contributed by atoms with Gasteiger partial charge < -0.3 is 10.2 Å². The van der Waals surface area contributed by atoms with Crippen molar-refractivity contribution in [3.05, 3.63) is 65.5 Å². The molecule has 192 valence electrons. The van der Waals surface area contributed by atoms with Crippen LogP contribution in [0.3, 0.4) is 0 Å². The standard InChI is InChI=1S/C29H37FN4OS/c1-36(2)17-15-34(16-18-36)21-22-5-7-23(8-6-22)28-20-26(25-19-24(30)9-10-27(25)32-28)29(35)31-11-14-33-12-3-4-13-33/h5-10,19-20H,3-4,11-18,21H2,1-2H3,(H,31,35). The van der Waals surface area contributed by atoms with Gasteiger partial charge in [-0.15, -0.1) is 0 Å². The van der Waals surface area contributed by atoms with Crippen LogP contribution in [-0.4, -0.2) is 84.0 Å². The molecule has 1 amide bonds. The van der Waals surface area contributed by atoms with Crippen molar-refractivity contribution in [1.29, 1.82) is 0 Å². The number of carbonyl (C=O) groups is 1. The van der Waals surface area contributed by atoms with Gasteiger partial charge in [0.1, 0.15) is 5.82 Å². The molecule has 0 spiro atoms. The first kappa shape index (κ1) is 25.2. The number of carbonyl (C=O) groups excluding carboxylic acids is 1. The number of hydrogen-bond donors (Lipinski definition) is 1. The molecule has 5 rings (SSSR count). The van der Waals surface area contributed by atoms with E-state index in [1.54, 1.807) is 12.1 Å². The highest BCUT2D eigenvalue weighted by molar-refractivity contribution is 8.32. The van der Waals surface area contributed by atoms with Crippen LogP contribution in [0.4, 0.5) is 4.39 Å². The van der Waals surface area contributed by atoms with Crippen LogP contribution in [-0.2, 0) is 6.54 Å². The van der Waals surface area contributed by atoms with Crippen molar-refractivity contribution in [3.8, 4) is 11.3 Å². The van der Waals surface area contributed by atoms with E-state index in [1.807, 2.05) is 0 Å². The lowest BCUT2D eigenvalue weighted by Crippen LogP contribution is -2.37. The lowest BCUT2D eigenvalue weighted by molar-refractivity contribution is 0.0951. The van der Waals surface area contributed by atoms with Gasteiger partial charge in [0.25, 0.3) is 5.91 Å². The number of nitrogens with zero attached hydrogens (tertiary/aromatic N) is 3. The quantitative estimate of drug-likeness (QED) is 0.501. The summed E-state index contributed by atoms with van der Waals surface area (Å²) in [7, 11) is -0.402. The maximum absolute atomic E-state index is 14.1. The minimum absolute atomic E-state index is 0.180. The average molecular weight is 509 g/mol. The second kappa shape index (κ2) is 10.9. The highest BCUT2D eigenvalue weighted by Gasteiger charge is 2.21. The number of amides is 1. The molecule has 7 heteroatoms. The fraction of sp³-hybridized carbons (Fsp3) is 0.448. The Morgan fingerprint density at radius 2 is 1.69 bits per heavy atom. The number of rotatable bonds is 7. The van der Waals surface area contributed by atoms with Crippen LogP contribution in [0.2, 0.25) is 0 Å². The largest absolute Gasteiger partial charge is 0.351 e. The predicted molar refractivity (Wildman–Crippen MR) is 150 cm³/mol. The fourth-order valence-electron chi connectivity index (χ4n) is 5.13. The molecule has 1 N–H and O–H groups in total. The molecule has 0 atom stereocenters. The summed E-state index contributed by atoms with van der Waals surface area (Å²) in [5.74, 6) is 2.08. The maximum Gasteiger partial charge on any atom is 0.252 e. The van der Waals surface area contributed by atoms with Crippen molar-refractivity contribution in [1.82, 2.24) is 20.1 Å². The van der Waals surface area contributed by atoms with Crippen LogP contribution in [0.5, 0.6) is 0 Å². The molecular weight excluding hydrogens is 471 g/mol. The van der Waals surface area contributed by atoms with Crippen molar-refractivity contribution in [2.45, 2.75) is 19.4 Å². The molecule has 0 saturated carbocycles. The van der Waals surface area contributed by atoms with Gasteiger partial charge in [0.15, 0.2) is 0 Å². The van der Waals surface area contributed by atoms with E-state index < -0.39 is 10.0 Å². The van der Waals surface area contributed by atoms with E-state index in [9.17, 15) is 9.18 Å². The summed E-state index contributed by atoms with van der Waals surface area (Å²) in [5, 5.41) is 3.59. The Balaban J connectivity index is 1.33. The highest BCUT2D eigenvalue weighted by Crippen LogP contribution is 2.41. The molecule has 0 unspecified atom stereocenters. The Kier molecular flexibility index (Phi) is 7.60. The van der Waals surface area contributed by atoms with Gasteiger partial charge in [0.05, 0.1) is 16.8 Å². The fourth-order valence-corrected chi connectivity index (χ4v) is 6.84. The van der Waals surface area contributed by atoms with Crippen LogP contribution < -0.4 is 5.32 Å². The van der Waals surface area contributed by atoms with Crippen molar-refractivity contribution in [3.63, 3.8) is 0 Å². The number of pyridine rings is 1. The molecule has 2 fully saturated rings. The Bertz CT molecular complexity index is 1210. The zero-order valence-electron chi connectivity index (χ0n) is 21.4. The second-order valence-corrected chi connectivity index (χ2v) is 15.0. The molecule has 2 aliphatic rings. The summed E-state index contributed by atoms with van der Waals surface area (Å²) >= 11 is 0. The van der Waals surface area contributed by atoms with Gasteiger partial charge in [-0.2, -0.15) is 0 Å². The number of benzene rings is 2. The van der Waals surface area contributed by atoms with Crippen molar-refractivity contribution < 1.29 is 9.18 Å². The number of likely N-dealkylation sites (tertiary alicyclic amines) is 1. The van der Waals surface area contributed by atoms with Crippen LogP contribution in [0.25, 0.3) is 22.2 Å². The van der Waals surface area contributed by atoms with E-state index in [4.69, 9.17) is 4.98 Å². The highest BCUT2D eigenvalue weighted by atomic mass is 32.3. The molecule has 2 aromatic carbocycles. The lowest BCUT2D eigenvalue weighted by Gasteiger charge is -2.41. The Hall–Kier alpha value is -2.48. The third-order valence-corrected chi connectivity index (χ3v) is 10.1. The van der Waals surface area contributed by atoms with Gasteiger partial charge in [-0.05, 0) is 79.8 Å². The number of hydrogen-bond acceptors (Lipinski definition) is 4. The minimum Gasteiger partial charge on any atom is -0.351 e. The molecule has 0 radical (unpaired) electrons. The molecule has 2 aliphatic heterocycles. The summed E-state index contributed by atoms with van der Waals surface area (Å²) in [5.41, 5.74) is 4.07. The zero-order chi connectivity index (χ0) is 25.1. The molecule has 1 aromatic heterocycles. The summed E-state index contributed by atoms with van der Waals surface area (Å²) in [6.45, 7) is 6.91. The number of aromatic nitrogens is 1. The van der Waals surface area contributed by atoms with Gasteiger partial charge in [-0.1, -0.05) is 24.3 Å². The molecule has 3 aromatic rings. The van der Waals surface area contributed by atoms with E-state index >= 15 is 0 Å². The van der Waals surface area contributed by atoms with Gasteiger partial charge in [0.2, 0.25) is 0 Å². The molecule has 0 bridgehead atoms. The van der Waals surface area contributed by atoms with E-state index in [1.165, 1.54) is 55.1 Å². The van der Waals surface area contributed by atoms with Gasteiger partial charge in [0, 0.05) is 43.7 Å². The Morgan fingerprint density at radius 3 is 2.42 bits per heavy atom. The second-order valence-electron chi connectivity index (χ2n) is 10.7. The van der Waals surface area contributed by atoms with Crippen LogP contribution in [0.1, 0.15) is 28.8 Å². The third-order valence-electron chi connectivity index (χ3n) is 7.50. The van der Waals surface area contributed by atoms with Crippen LogP contribution in [0, 0.1) is 5.82 Å². The van der Waals surface area contributed by atoms with Gasteiger partial charge in [-0.3, -0.25) is 9.69 Å². The van der Waals surface area contributed by atoms with E-state index in [0.717, 1.165) is 37.4 Å². The van der Waals surface area contributed by atoms with Crippen molar-refractivity contribution >= 4 is 26.8 Å². The van der Waals surface area contributed by atoms with E-state index in [-0.39, 0.29) is 11.7 Å². The Labute approximate surface area is 215 Å². The molecule has 2 saturated heterocycles. The van der Waals surface area contributed by atoms with Gasteiger partial charge in [-0.25, -0.2) is 19.4 Å². The molecule has 3 heterocycles. The predicted octanol–water partition coefficient (Wildman–Crippen LogP) is 4.75. The lowest BCUT2D eigenvalue weighted by atomic mass is 10.0. The van der Waals surface area contributed by atoms with Gasteiger partial charge >= 0.3 is 0 Å². The maximum atomic E-state index is 14.1. The monoisotopic (exact) mass is 508 g/mol. The summed E-state index contributed by atoms with van der Waals surface area (Å²) in [6.07, 6.45) is 7.32. The summed E-state index contributed by atoms with van der Waals surface area (Å²) < 4.78 is 14.1. The Morgan fingerprint density at radius 1 is 0.972 bits per heavy atom. The number of nitrogens with one attached hydrogen (secondary N) is 1. The average Bonchev–Trinajstić information content (AvgIpc) is 3.39. The normalized spacial score (nSPS) is 19.4. The smallest absolute Gasteiger partial charge is 0.252 e. The number of fused-ring (bicyclic) bond motifs is 1.